The lowest BCUT2D eigenvalue weighted by Crippen LogP contribution is -1.99. The van der Waals surface area contributed by atoms with Crippen LogP contribution in [-0.2, 0) is 0 Å². The summed E-state index contributed by atoms with van der Waals surface area (Å²) in [6.07, 6.45) is 6.85. The summed E-state index contributed by atoms with van der Waals surface area (Å²) in [7, 11) is 0. The minimum atomic E-state index is 1.11. The number of allylic oxidation sites excluding steroid dienone is 5. The summed E-state index contributed by atoms with van der Waals surface area (Å²) in [5.41, 5.74) is 9.62. The van der Waals surface area contributed by atoms with Crippen LogP contribution < -0.4 is 0 Å². The van der Waals surface area contributed by atoms with Crippen molar-refractivity contribution in [3.05, 3.63) is 100 Å². The quantitative estimate of drug-likeness (QED) is 0.595. The molecule has 0 saturated heterocycles. The summed E-state index contributed by atoms with van der Waals surface area (Å²) in [5.74, 6) is 0. The zero-order valence-electron chi connectivity index (χ0n) is 14.3. The van der Waals surface area contributed by atoms with Gasteiger partial charge in [0, 0.05) is 0 Å². The van der Waals surface area contributed by atoms with Crippen LogP contribution in [0.3, 0.4) is 0 Å². The molecule has 2 aromatic carbocycles. The lowest BCUT2D eigenvalue weighted by molar-refractivity contribution is 0.932. The van der Waals surface area contributed by atoms with Crippen molar-refractivity contribution < 1.29 is 0 Å². The highest BCUT2D eigenvalue weighted by molar-refractivity contribution is 5.84. The highest BCUT2D eigenvalue weighted by atomic mass is 14.2. The van der Waals surface area contributed by atoms with E-state index in [-0.39, 0.29) is 0 Å². The second-order valence-corrected chi connectivity index (χ2v) is 6.49. The standard InChI is InChI=1S/C23H24/c1-17(2)19-13-15-22(16-14-19)23(20-7-5-4-6-8-20)21-11-9-18(3)10-12-21/h4-13,15H,14,16H2,1-3H3. The molecule has 0 unspecified atom stereocenters. The summed E-state index contributed by atoms with van der Waals surface area (Å²) >= 11 is 0. The van der Waals surface area contributed by atoms with Gasteiger partial charge in [-0.05, 0) is 61.5 Å². The van der Waals surface area contributed by atoms with Crippen molar-refractivity contribution in [1.29, 1.82) is 0 Å². The summed E-state index contributed by atoms with van der Waals surface area (Å²) in [5, 5.41) is 0. The van der Waals surface area contributed by atoms with Crippen LogP contribution in [0.2, 0.25) is 0 Å². The fourth-order valence-electron chi connectivity index (χ4n) is 3.12. The molecule has 0 aliphatic heterocycles. The molecule has 0 spiro atoms. The van der Waals surface area contributed by atoms with Crippen LogP contribution >= 0.6 is 0 Å². The maximum Gasteiger partial charge on any atom is -0.00792 e. The fraction of sp³-hybridized carbons (Fsp3) is 0.217. The van der Waals surface area contributed by atoms with Crippen molar-refractivity contribution >= 4 is 5.57 Å². The van der Waals surface area contributed by atoms with E-state index in [4.69, 9.17) is 0 Å². The summed E-state index contributed by atoms with van der Waals surface area (Å²) in [4.78, 5) is 0. The van der Waals surface area contributed by atoms with Gasteiger partial charge in [-0.25, -0.2) is 0 Å². The Morgan fingerprint density at radius 1 is 0.696 bits per heavy atom. The zero-order valence-corrected chi connectivity index (χ0v) is 14.3. The summed E-state index contributed by atoms with van der Waals surface area (Å²) < 4.78 is 0. The first-order chi connectivity index (χ1) is 11.1. The van der Waals surface area contributed by atoms with E-state index in [2.05, 4.69) is 87.5 Å². The SMILES string of the molecule is CC(C)=C1C=CC(=C(c2ccccc2)c2ccc(C)cc2)CC1. The Bertz CT molecular complexity index is 765. The molecule has 0 heteroatoms. The molecule has 1 aliphatic rings. The van der Waals surface area contributed by atoms with Gasteiger partial charge < -0.3 is 0 Å². The smallest absolute Gasteiger partial charge is 0.00792 e. The van der Waals surface area contributed by atoms with Crippen LogP contribution in [-0.4, -0.2) is 0 Å². The second-order valence-electron chi connectivity index (χ2n) is 6.49. The van der Waals surface area contributed by atoms with Crippen molar-refractivity contribution in [2.24, 2.45) is 0 Å². The van der Waals surface area contributed by atoms with Gasteiger partial charge in [0.15, 0.2) is 0 Å². The van der Waals surface area contributed by atoms with Crippen LogP contribution in [0.15, 0.2) is 83.5 Å². The van der Waals surface area contributed by atoms with E-state index < -0.39 is 0 Å². The lowest BCUT2D eigenvalue weighted by atomic mass is 9.86. The first kappa shape index (κ1) is 15.6. The monoisotopic (exact) mass is 300 g/mol. The molecule has 0 N–H and O–H groups in total. The molecule has 0 nitrogen and oxygen atoms in total. The van der Waals surface area contributed by atoms with Crippen LogP contribution in [0.4, 0.5) is 0 Å². The van der Waals surface area contributed by atoms with Crippen LogP contribution in [0, 0.1) is 6.92 Å². The molecule has 2 aromatic rings. The van der Waals surface area contributed by atoms with E-state index in [1.807, 2.05) is 0 Å². The molecule has 116 valence electrons. The van der Waals surface area contributed by atoms with Crippen molar-refractivity contribution in [1.82, 2.24) is 0 Å². The fourth-order valence-corrected chi connectivity index (χ4v) is 3.12. The Kier molecular flexibility index (Phi) is 4.62. The van der Waals surface area contributed by atoms with Gasteiger partial charge in [0.25, 0.3) is 0 Å². The first-order valence-corrected chi connectivity index (χ1v) is 8.35. The van der Waals surface area contributed by atoms with Gasteiger partial charge in [0.1, 0.15) is 0 Å². The first-order valence-electron chi connectivity index (χ1n) is 8.35. The van der Waals surface area contributed by atoms with Crippen molar-refractivity contribution in [2.45, 2.75) is 33.6 Å². The predicted octanol–water partition coefficient (Wildman–Crippen LogP) is 6.48. The molecule has 23 heavy (non-hydrogen) atoms. The van der Waals surface area contributed by atoms with Gasteiger partial charge in [-0.3, -0.25) is 0 Å². The lowest BCUT2D eigenvalue weighted by Gasteiger charge is -2.19. The molecular formula is C23H24. The van der Waals surface area contributed by atoms with Crippen LogP contribution in [0.1, 0.15) is 43.4 Å². The number of benzene rings is 2. The topological polar surface area (TPSA) is 0 Å². The minimum absolute atomic E-state index is 1.11. The molecule has 0 radical (unpaired) electrons. The number of aryl methyl sites for hydroxylation is 1. The van der Waals surface area contributed by atoms with E-state index >= 15 is 0 Å². The van der Waals surface area contributed by atoms with Gasteiger partial charge in [0.05, 0.1) is 0 Å². The Morgan fingerprint density at radius 3 is 1.83 bits per heavy atom. The molecule has 0 heterocycles. The van der Waals surface area contributed by atoms with Gasteiger partial charge in [-0.2, -0.15) is 0 Å². The number of hydrogen-bond donors (Lipinski definition) is 0. The Labute approximate surface area is 139 Å². The summed E-state index contributed by atoms with van der Waals surface area (Å²) in [6, 6.07) is 19.7. The van der Waals surface area contributed by atoms with Gasteiger partial charge in [0.2, 0.25) is 0 Å². The maximum atomic E-state index is 2.31. The minimum Gasteiger partial charge on any atom is -0.0732 e. The van der Waals surface area contributed by atoms with E-state index in [1.165, 1.54) is 39.0 Å². The van der Waals surface area contributed by atoms with Crippen molar-refractivity contribution in [3.8, 4) is 0 Å². The molecule has 0 saturated carbocycles. The van der Waals surface area contributed by atoms with Gasteiger partial charge >= 0.3 is 0 Å². The third-order valence-electron chi connectivity index (χ3n) is 4.52. The van der Waals surface area contributed by atoms with E-state index in [1.54, 1.807) is 0 Å². The van der Waals surface area contributed by atoms with Crippen LogP contribution in [0.5, 0.6) is 0 Å². The van der Waals surface area contributed by atoms with Crippen molar-refractivity contribution in [3.63, 3.8) is 0 Å². The molecule has 0 atom stereocenters. The molecule has 0 aromatic heterocycles. The van der Waals surface area contributed by atoms with E-state index in [9.17, 15) is 0 Å². The van der Waals surface area contributed by atoms with Crippen molar-refractivity contribution in [2.75, 3.05) is 0 Å². The highest BCUT2D eigenvalue weighted by Crippen LogP contribution is 2.34. The molecule has 0 amide bonds. The molecular weight excluding hydrogens is 276 g/mol. The normalized spacial score (nSPS) is 16.4. The third-order valence-corrected chi connectivity index (χ3v) is 4.52. The number of rotatable bonds is 2. The molecule has 3 rings (SSSR count). The van der Waals surface area contributed by atoms with E-state index in [0.717, 1.165) is 12.8 Å². The maximum absolute atomic E-state index is 2.31. The average molecular weight is 300 g/mol. The molecule has 0 bridgehead atoms. The largest absolute Gasteiger partial charge is 0.0732 e. The molecule has 1 aliphatic carbocycles. The third kappa shape index (κ3) is 3.53. The predicted molar refractivity (Wildman–Crippen MR) is 100 cm³/mol. The van der Waals surface area contributed by atoms with Gasteiger partial charge in [-0.15, -0.1) is 0 Å². The average Bonchev–Trinajstić information content (AvgIpc) is 2.58. The Balaban J connectivity index is 2.13. The Morgan fingerprint density at radius 2 is 1.26 bits per heavy atom. The molecule has 0 fully saturated rings. The summed E-state index contributed by atoms with van der Waals surface area (Å²) in [6.45, 7) is 6.54. The Hall–Kier alpha value is -2.34. The number of hydrogen-bond acceptors (Lipinski definition) is 0. The zero-order chi connectivity index (χ0) is 16.2. The second kappa shape index (κ2) is 6.83. The van der Waals surface area contributed by atoms with Crippen LogP contribution in [0.25, 0.3) is 5.57 Å². The van der Waals surface area contributed by atoms with E-state index in [0.29, 0.717) is 0 Å². The highest BCUT2D eigenvalue weighted by Gasteiger charge is 2.13. The van der Waals surface area contributed by atoms with Gasteiger partial charge in [-0.1, -0.05) is 77.9 Å².